The molecule has 0 N–H and O–H groups in total. The van der Waals surface area contributed by atoms with Crippen LogP contribution in [0.5, 0.6) is 0 Å². The Labute approximate surface area is 71.1 Å². The third-order valence-corrected chi connectivity index (χ3v) is 1.69. The van der Waals surface area contributed by atoms with Crippen LogP contribution >= 0.6 is 0 Å². The molecule has 1 aromatic heterocycles. The normalized spacial score (nSPS) is 21.8. The van der Waals surface area contributed by atoms with E-state index >= 15 is 0 Å². The maximum atomic E-state index is 4.96. The van der Waals surface area contributed by atoms with E-state index in [9.17, 15) is 0 Å². The van der Waals surface area contributed by atoms with Crippen LogP contribution in [0.15, 0.2) is 29.6 Å². The first-order chi connectivity index (χ1) is 5.86. The second-order valence-corrected chi connectivity index (χ2v) is 2.68. The van der Waals surface area contributed by atoms with E-state index in [1.807, 2.05) is 18.2 Å². The van der Waals surface area contributed by atoms with Crippen molar-refractivity contribution < 1.29 is 4.84 Å². The van der Waals surface area contributed by atoms with Gasteiger partial charge < -0.3 is 4.84 Å². The molecule has 0 aliphatic carbocycles. The molecule has 3 heteroatoms. The first-order valence-electron chi connectivity index (χ1n) is 3.83. The van der Waals surface area contributed by atoms with E-state index in [4.69, 9.17) is 4.84 Å². The summed E-state index contributed by atoms with van der Waals surface area (Å²) in [5.41, 5.74) is 1.76. The Morgan fingerprint density at radius 2 is 2.42 bits per heavy atom. The van der Waals surface area contributed by atoms with Gasteiger partial charge in [-0.25, -0.2) is 0 Å². The predicted molar refractivity (Wildman–Crippen MR) is 45.6 cm³/mol. The van der Waals surface area contributed by atoms with E-state index in [-0.39, 0.29) is 6.10 Å². The van der Waals surface area contributed by atoms with Crippen molar-refractivity contribution in [3.8, 4) is 0 Å². The monoisotopic (exact) mass is 161 g/mol. The molecular formula is C9H9N2O. The van der Waals surface area contributed by atoms with E-state index in [0.717, 1.165) is 17.8 Å². The smallest absolute Gasteiger partial charge is 0.133 e. The second-order valence-electron chi connectivity index (χ2n) is 2.68. The van der Waals surface area contributed by atoms with Gasteiger partial charge in [-0.15, -0.1) is 0 Å². The van der Waals surface area contributed by atoms with Crippen LogP contribution in [0.1, 0.15) is 12.1 Å². The molecule has 0 aromatic carbocycles. The maximum Gasteiger partial charge on any atom is 0.133 e. The second kappa shape index (κ2) is 2.93. The van der Waals surface area contributed by atoms with Crippen LogP contribution in [0.3, 0.4) is 0 Å². The van der Waals surface area contributed by atoms with Gasteiger partial charge in [0.1, 0.15) is 11.8 Å². The van der Waals surface area contributed by atoms with Crippen LogP contribution in [0.25, 0.3) is 0 Å². The number of hydrogen-bond donors (Lipinski definition) is 0. The van der Waals surface area contributed by atoms with Crippen LogP contribution in [0.4, 0.5) is 0 Å². The van der Waals surface area contributed by atoms with Gasteiger partial charge in [0, 0.05) is 12.6 Å². The van der Waals surface area contributed by atoms with Gasteiger partial charge in [0.2, 0.25) is 0 Å². The van der Waals surface area contributed by atoms with Crippen molar-refractivity contribution in [2.75, 3.05) is 0 Å². The standard InChI is InChI=1S/C9H9N2O/c1-7-6-9(11-12-7)8-4-2-3-5-10-8/h2-5,7H,1,6H2. The number of hydrogen-bond acceptors (Lipinski definition) is 3. The first kappa shape index (κ1) is 7.28. The van der Waals surface area contributed by atoms with Crippen LogP contribution < -0.4 is 0 Å². The molecular weight excluding hydrogens is 152 g/mol. The zero-order valence-electron chi connectivity index (χ0n) is 6.60. The van der Waals surface area contributed by atoms with Gasteiger partial charge in [-0.1, -0.05) is 11.2 Å². The average molecular weight is 161 g/mol. The molecule has 0 bridgehead atoms. The minimum Gasteiger partial charge on any atom is -0.392 e. The molecule has 12 heavy (non-hydrogen) atoms. The lowest BCUT2D eigenvalue weighted by atomic mass is 10.1. The third-order valence-electron chi connectivity index (χ3n) is 1.69. The Bertz CT molecular complexity index is 295. The first-order valence-corrected chi connectivity index (χ1v) is 3.83. The zero-order valence-corrected chi connectivity index (χ0v) is 6.60. The number of oxime groups is 1. The van der Waals surface area contributed by atoms with Crippen molar-refractivity contribution in [2.45, 2.75) is 12.5 Å². The predicted octanol–water partition coefficient (Wildman–Crippen LogP) is 1.41. The van der Waals surface area contributed by atoms with E-state index in [1.165, 1.54) is 0 Å². The highest BCUT2D eigenvalue weighted by molar-refractivity contribution is 5.99. The molecule has 1 atom stereocenters. The molecule has 2 rings (SSSR count). The van der Waals surface area contributed by atoms with Crippen molar-refractivity contribution in [3.63, 3.8) is 0 Å². The lowest BCUT2D eigenvalue weighted by molar-refractivity contribution is 0.118. The Kier molecular flexibility index (Phi) is 1.78. The lowest BCUT2D eigenvalue weighted by Gasteiger charge is -1.96. The van der Waals surface area contributed by atoms with Gasteiger partial charge in [0.15, 0.2) is 0 Å². The maximum absolute atomic E-state index is 4.96. The molecule has 0 saturated carbocycles. The summed E-state index contributed by atoms with van der Waals surface area (Å²) in [6, 6.07) is 5.73. The van der Waals surface area contributed by atoms with Gasteiger partial charge in [0.25, 0.3) is 0 Å². The van der Waals surface area contributed by atoms with Gasteiger partial charge >= 0.3 is 0 Å². The van der Waals surface area contributed by atoms with E-state index < -0.39 is 0 Å². The van der Waals surface area contributed by atoms with Gasteiger partial charge in [-0.2, -0.15) is 0 Å². The molecule has 1 aromatic rings. The fraction of sp³-hybridized carbons (Fsp3) is 0.222. The average Bonchev–Trinajstić information content (AvgIpc) is 2.54. The van der Waals surface area contributed by atoms with Crippen LogP contribution in [0.2, 0.25) is 0 Å². The summed E-state index contributed by atoms with van der Waals surface area (Å²) in [4.78, 5) is 9.11. The topological polar surface area (TPSA) is 34.5 Å². The molecule has 0 spiro atoms. The zero-order chi connectivity index (χ0) is 8.39. The van der Waals surface area contributed by atoms with Crippen LogP contribution in [-0.4, -0.2) is 16.8 Å². The molecule has 1 radical (unpaired) electrons. The summed E-state index contributed by atoms with van der Waals surface area (Å²) in [5, 5.41) is 3.88. The highest BCUT2D eigenvalue weighted by Crippen LogP contribution is 2.13. The summed E-state index contributed by atoms with van der Waals surface area (Å²) in [7, 11) is 0. The van der Waals surface area contributed by atoms with Crippen molar-refractivity contribution in [1.29, 1.82) is 0 Å². The molecule has 3 nitrogen and oxygen atoms in total. The Balaban J connectivity index is 2.22. The molecule has 1 unspecified atom stereocenters. The number of rotatable bonds is 1. The fourth-order valence-corrected chi connectivity index (χ4v) is 1.11. The third kappa shape index (κ3) is 1.30. The van der Waals surface area contributed by atoms with Crippen molar-refractivity contribution in [3.05, 3.63) is 37.0 Å². The number of pyridine rings is 1. The summed E-state index contributed by atoms with van der Waals surface area (Å²) >= 11 is 0. The summed E-state index contributed by atoms with van der Waals surface area (Å²) in [5.74, 6) is 0. The van der Waals surface area contributed by atoms with E-state index in [0.29, 0.717) is 0 Å². The molecule has 2 heterocycles. The number of nitrogens with zero attached hydrogens (tertiary/aromatic N) is 2. The molecule has 0 amide bonds. The summed E-state index contributed by atoms with van der Waals surface area (Å²) < 4.78 is 0. The molecule has 1 aliphatic rings. The van der Waals surface area contributed by atoms with Gasteiger partial charge in [-0.05, 0) is 19.1 Å². The minimum absolute atomic E-state index is 0.0537. The highest BCUT2D eigenvalue weighted by Gasteiger charge is 2.18. The van der Waals surface area contributed by atoms with Crippen molar-refractivity contribution in [2.24, 2.45) is 5.16 Å². The Morgan fingerprint density at radius 3 is 3.00 bits per heavy atom. The molecule has 61 valence electrons. The quantitative estimate of drug-likeness (QED) is 0.624. The summed E-state index contributed by atoms with van der Waals surface area (Å²) in [6.45, 7) is 3.75. The lowest BCUT2D eigenvalue weighted by Crippen LogP contribution is -2.04. The number of aromatic nitrogens is 1. The van der Waals surface area contributed by atoms with E-state index in [2.05, 4.69) is 17.1 Å². The van der Waals surface area contributed by atoms with Gasteiger partial charge in [-0.3, -0.25) is 4.98 Å². The van der Waals surface area contributed by atoms with E-state index in [1.54, 1.807) is 6.20 Å². The fourth-order valence-electron chi connectivity index (χ4n) is 1.11. The minimum atomic E-state index is -0.0537. The molecule has 0 saturated heterocycles. The Morgan fingerprint density at radius 1 is 1.50 bits per heavy atom. The van der Waals surface area contributed by atoms with Gasteiger partial charge in [0.05, 0.1) is 5.69 Å². The Hall–Kier alpha value is -1.38. The van der Waals surface area contributed by atoms with Crippen molar-refractivity contribution in [1.82, 2.24) is 4.98 Å². The molecule has 1 aliphatic heterocycles. The highest BCUT2D eigenvalue weighted by atomic mass is 16.6. The SMILES string of the molecule is [CH2]C1CC(c2ccccn2)=NO1. The molecule has 0 fully saturated rings. The van der Waals surface area contributed by atoms with Crippen LogP contribution in [-0.2, 0) is 4.84 Å². The van der Waals surface area contributed by atoms with Crippen LogP contribution in [0, 0.1) is 6.92 Å². The largest absolute Gasteiger partial charge is 0.392 e. The van der Waals surface area contributed by atoms with Crippen molar-refractivity contribution >= 4 is 5.71 Å². The summed E-state index contributed by atoms with van der Waals surface area (Å²) in [6.07, 6.45) is 2.44.